The second-order valence-corrected chi connectivity index (χ2v) is 6.74. The molecule has 0 radical (unpaired) electrons. The first-order chi connectivity index (χ1) is 13.4. The molecule has 0 spiro atoms. The second kappa shape index (κ2) is 8.25. The smallest absolute Gasteiger partial charge is 0.261 e. The summed E-state index contributed by atoms with van der Waals surface area (Å²) in [6, 6.07) is 21.1. The highest BCUT2D eigenvalue weighted by Gasteiger charge is 2.34. The number of hydrogen-bond acceptors (Lipinski definition) is 4. The highest BCUT2D eigenvalue weighted by atomic mass is 35.5. The fourth-order valence-corrected chi connectivity index (χ4v) is 3.07. The lowest BCUT2D eigenvalue weighted by Gasteiger charge is -2.29. The summed E-state index contributed by atoms with van der Waals surface area (Å²) in [5.41, 5.74) is -0.712. The van der Waals surface area contributed by atoms with Crippen molar-refractivity contribution >= 4 is 23.4 Å². The van der Waals surface area contributed by atoms with Gasteiger partial charge >= 0.3 is 0 Å². The van der Waals surface area contributed by atoms with Crippen molar-refractivity contribution in [3.05, 3.63) is 101 Å². The molecular weight excluding hydrogens is 378 g/mol. The molecule has 1 atom stereocenters. The van der Waals surface area contributed by atoms with Crippen LogP contribution < -0.4 is 5.32 Å². The largest absolute Gasteiger partial charge is 0.507 e. The van der Waals surface area contributed by atoms with Crippen LogP contribution in [-0.4, -0.2) is 22.0 Å². The van der Waals surface area contributed by atoms with Crippen molar-refractivity contribution in [2.24, 2.45) is 0 Å². The van der Waals surface area contributed by atoms with Crippen LogP contribution in [0.15, 0.2) is 78.9 Å². The Labute approximate surface area is 167 Å². The molecule has 0 aliphatic heterocycles. The van der Waals surface area contributed by atoms with Gasteiger partial charge in [0.2, 0.25) is 5.91 Å². The summed E-state index contributed by atoms with van der Waals surface area (Å²) in [7, 11) is 0. The van der Waals surface area contributed by atoms with E-state index >= 15 is 0 Å². The van der Waals surface area contributed by atoms with Gasteiger partial charge in [-0.2, -0.15) is 0 Å². The summed E-state index contributed by atoms with van der Waals surface area (Å²) < 4.78 is 0. The molecule has 0 saturated heterocycles. The maximum atomic E-state index is 12.6. The Bertz CT molecular complexity index is 989. The minimum absolute atomic E-state index is 0.0226. The lowest BCUT2D eigenvalue weighted by molar-refractivity contribution is -0.124. The average Bonchev–Trinajstić information content (AvgIpc) is 2.69. The number of benzene rings is 3. The van der Waals surface area contributed by atoms with E-state index in [1.165, 1.54) is 12.1 Å². The van der Waals surface area contributed by atoms with E-state index in [2.05, 4.69) is 5.32 Å². The number of phenolic OH excluding ortho intramolecular Hbond substituents is 1. The van der Waals surface area contributed by atoms with Crippen molar-refractivity contribution in [2.45, 2.75) is 12.0 Å². The van der Waals surface area contributed by atoms with E-state index in [1.807, 2.05) is 0 Å². The number of amides is 2. The van der Waals surface area contributed by atoms with Crippen molar-refractivity contribution in [3.8, 4) is 5.75 Å². The van der Waals surface area contributed by atoms with Crippen LogP contribution in [0.5, 0.6) is 5.75 Å². The van der Waals surface area contributed by atoms with Gasteiger partial charge in [0.1, 0.15) is 11.4 Å². The molecule has 0 aliphatic rings. The van der Waals surface area contributed by atoms with Crippen LogP contribution in [0.3, 0.4) is 0 Å². The molecule has 3 aromatic carbocycles. The molecule has 0 heterocycles. The number of carbonyl (C=O) groups excluding carboxylic acids is 2. The van der Waals surface area contributed by atoms with Crippen LogP contribution in [-0.2, 0) is 10.4 Å². The number of nitrogens with one attached hydrogen (secondary N) is 1. The molecule has 5 nitrogen and oxygen atoms in total. The van der Waals surface area contributed by atoms with Crippen molar-refractivity contribution in [3.63, 3.8) is 0 Å². The quantitative estimate of drug-likeness (QED) is 0.615. The summed E-state index contributed by atoms with van der Waals surface area (Å²) in [4.78, 5) is 24.9. The van der Waals surface area contributed by atoms with Crippen LogP contribution in [0, 0.1) is 0 Å². The maximum Gasteiger partial charge on any atom is 0.261 e. The molecule has 142 valence electrons. The van der Waals surface area contributed by atoms with E-state index < -0.39 is 23.8 Å². The lowest BCUT2D eigenvalue weighted by atomic mass is 9.83. The van der Waals surface area contributed by atoms with Crippen molar-refractivity contribution in [2.75, 3.05) is 0 Å². The number of aliphatic hydroxyl groups is 1. The first kappa shape index (κ1) is 19.6. The van der Waals surface area contributed by atoms with Crippen molar-refractivity contribution in [1.82, 2.24) is 5.32 Å². The van der Waals surface area contributed by atoms with Gasteiger partial charge in [0.25, 0.3) is 5.91 Å². The van der Waals surface area contributed by atoms with Crippen LogP contribution >= 0.6 is 11.6 Å². The van der Waals surface area contributed by atoms with Gasteiger partial charge in [-0.25, -0.2) is 0 Å². The van der Waals surface area contributed by atoms with Gasteiger partial charge in [0.05, 0.1) is 12.0 Å². The molecule has 0 bridgehead atoms. The monoisotopic (exact) mass is 395 g/mol. The number of para-hydroxylation sites is 1. The fourth-order valence-electron chi connectivity index (χ4n) is 2.95. The van der Waals surface area contributed by atoms with Gasteiger partial charge < -0.3 is 10.2 Å². The minimum Gasteiger partial charge on any atom is -0.507 e. The fraction of sp³-hybridized carbons (Fsp3) is 0.0909. The Balaban J connectivity index is 1.87. The van der Waals surface area contributed by atoms with Crippen molar-refractivity contribution in [1.29, 1.82) is 0 Å². The van der Waals surface area contributed by atoms with Gasteiger partial charge in [0, 0.05) is 5.02 Å². The SMILES string of the molecule is O=C(C[C@@](O)(c1ccccc1)c1ccc(Cl)cc1)NC(=O)c1ccccc1O. The zero-order valence-corrected chi connectivity index (χ0v) is 15.6. The molecule has 0 aliphatic carbocycles. The average molecular weight is 396 g/mol. The van der Waals surface area contributed by atoms with E-state index in [0.717, 1.165) is 0 Å². The van der Waals surface area contributed by atoms with E-state index in [-0.39, 0.29) is 11.3 Å². The van der Waals surface area contributed by atoms with Crippen LogP contribution in [0.1, 0.15) is 27.9 Å². The Morgan fingerprint density at radius 2 is 1.43 bits per heavy atom. The zero-order valence-electron chi connectivity index (χ0n) is 14.8. The topological polar surface area (TPSA) is 86.6 Å². The Kier molecular flexibility index (Phi) is 5.78. The molecule has 3 N–H and O–H groups in total. The van der Waals surface area contributed by atoms with Crippen LogP contribution in [0.2, 0.25) is 5.02 Å². The molecule has 28 heavy (non-hydrogen) atoms. The predicted molar refractivity (Wildman–Crippen MR) is 106 cm³/mol. The highest BCUT2D eigenvalue weighted by Crippen LogP contribution is 2.33. The Morgan fingerprint density at radius 1 is 0.857 bits per heavy atom. The third-order valence-corrected chi connectivity index (χ3v) is 4.64. The molecule has 0 unspecified atom stereocenters. The number of hydrogen-bond donors (Lipinski definition) is 3. The Morgan fingerprint density at radius 3 is 2.07 bits per heavy atom. The molecule has 2 amide bonds. The van der Waals surface area contributed by atoms with Gasteiger partial charge in [0.15, 0.2) is 0 Å². The molecular formula is C22H18ClNO4. The van der Waals surface area contributed by atoms with E-state index in [1.54, 1.807) is 66.7 Å². The number of halogens is 1. The predicted octanol–water partition coefficient (Wildman–Crippen LogP) is 3.63. The van der Waals surface area contributed by atoms with E-state index in [4.69, 9.17) is 11.6 Å². The molecule has 3 rings (SSSR count). The van der Waals surface area contributed by atoms with E-state index in [0.29, 0.717) is 16.1 Å². The minimum atomic E-state index is -1.66. The first-order valence-corrected chi connectivity index (χ1v) is 8.94. The summed E-state index contributed by atoms with van der Waals surface area (Å²) in [6.07, 6.45) is -0.391. The molecule has 6 heteroatoms. The summed E-state index contributed by atoms with van der Waals surface area (Å²) in [6.45, 7) is 0. The Hall–Kier alpha value is -3.15. The highest BCUT2D eigenvalue weighted by molar-refractivity contribution is 6.30. The number of carbonyl (C=O) groups is 2. The molecule has 0 aromatic heterocycles. The summed E-state index contributed by atoms with van der Waals surface area (Å²) in [5.74, 6) is -1.66. The van der Waals surface area contributed by atoms with Crippen LogP contribution in [0.25, 0.3) is 0 Å². The molecule has 3 aromatic rings. The first-order valence-electron chi connectivity index (χ1n) is 8.56. The third kappa shape index (κ3) is 4.22. The van der Waals surface area contributed by atoms with Gasteiger partial charge in [-0.3, -0.25) is 14.9 Å². The lowest BCUT2D eigenvalue weighted by Crippen LogP contribution is -2.38. The second-order valence-electron chi connectivity index (χ2n) is 6.30. The van der Waals surface area contributed by atoms with E-state index in [9.17, 15) is 19.8 Å². The number of imide groups is 1. The maximum absolute atomic E-state index is 12.6. The molecule has 0 saturated carbocycles. The van der Waals surface area contributed by atoms with Gasteiger partial charge in [-0.05, 0) is 35.4 Å². The van der Waals surface area contributed by atoms with Crippen molar-refractivity contribution < 1.29 is 19.8 Å². The standard InChI is InChI=1S/C22H18ClNO4/c23-17-12-10-16(11-13-17)22(28,15-6-2-1-3-7-15)14-20(26)24-21(27)18-8-4-5-9-19(18)25/h1-13,25,28H,14H2,(H,24,26,27)/t22-/m1/s1. The third-order valence-electron chi connectivity index (χ3n) is 4.39. The number of rotatable bonds is 5. The molecule has 0 fully saturated rings. The number of phenols is 1. The summed E-state index contributed by atoms with van der Waals surface area (Å²) in [5, 5.41) is 23.9. The zero-order chi connectivity index (χ0) is 20.1. The van der Waals surface area contributed by atoms with Crippen LogP contribution in [0.4, 0.5) is 0 Å². The van der Waals surface area contributed by atoms with Gasteiger partial charge in [-0.1, -0.05) is 66.2 Å². The summed E-state index contributed by atoms with van der Waals surface area (Å²) >= 11 is 5.94. The van der Waals surface area contributed by atoms with Gasteiger partial charge in [-0.15, -0.1) is 0 Å². The number of aromatic hydroxyl groups is 1. The normalized spacial score (nSPS) is 12.8.